The van der Waals surface area contributed by atoms with E-state index in [0.717, 1.165) is 6.26 Å². The van der Waals surface area contributed by atoms with Gasteiger partial charge in [-0.2, -0.15) is 8.42 Å². The van der Waals surface area contributed by atoms with Gasteiger partial charge in [0.25, 0.3) is 10.1 Å². The Hall–Kier alpha value is -1.35. The van der Waals surface area contributed by atoms with Crippen molar-refractivity contribution >= 4 is 22.2 Å². The van der Waals surface area contributed by atoms with Gasteiger partial charge in [-0.3, -0.25) is 4.18 Å². The van der Waals surface area contributed by atoms with Crippen LogP contribution in [0.15, 0.2) is 0 Å². The van der Waals surface area contributed by atoms with Crippen molar-refractivity contribution in [1.29, 1.82) is 0 Å². The molecule has 0 unspecified atom stereocenters. The van der Waals surface area contributed by atoms with E-state index >= 15 is 0 Å². The highest BCUT2D eigenvalue weighted by molar-refractivity contribution is 7.85. The Kier molecular flexibility index (Phi) is 6.17. The van der Waals surface area contributed by atoms with E-state index < -0.39 is 38.9 Å². The number of nitrogens with one attached hydrogen (secondary N) is 1. The molecule has 1 aliphatic carbocycles. The third-order valence-electron chi connectivity index (χ3n) is 3.32. The largest absolute Gasteiger partial charge is 0.458 e. The lowest BCUT2D eigenvalue weighted by Crippen LogP contribution is -2.65. The fourth-order valence-electron chi connectivity index (χ4n) is 2.46. The number of hydrogen-bond donors (Lipinski definition) is 1. The Balaban J connectivity index is 2.80. The van der Waals surface area contributed by atoms with Crippen molar-refractivity contribution in [2.45, 2.75) is 71.1 Å². The van der Waals surface area contributed by atoms with Crippen LogP contribution < -0.4 is 5.32 Å². The number of amides is 1. The van der Waals surface area contributed by atoms with E-state index in [1.54, 1.807) is 41.5 Å². The Morgan fingerprint density at radius 1 is 1.04 bits per heavy atom. The number of carbonyl (C=O) groups excluding carboxylic acids is 2. The molecule has 1 saturated carbocycles. The Morgan fingerprint density at radius 2 is 1.52 bits per heavy atom. The predicted octanol–water partition coefficient (Wildman–Crippen LogP) is 1.98. The number of alkyl carbamates (subject to hydrolysis) is 1. The molecule has 0 spiro atoms. The molecule has 0 atom stereocenters. The van der Waals surface area contributed by atoms with Crippen molar-refractivity contribution in [2.24, 2.45) is 5.92 Å². The summed E-state index contributed by atoms with van der Waals surface area (Å²) in [5.74, 6) is -0.751. The second-order valence-corrected chi connectivity index (χ2v) is 10.1. The van der Waals surface area contributed by atoms with Crippen molar-refractivity contribution in [2.75, 3.05) is 12.9 Å². The summed E-state index contributed by atoms with van der Waals surface area (Å²) in [7, 11) is -3.56. The molecular formula is C16H29NO7S. The molecule has 1 N–H and O–H groups in total. The van der Waals surface area contributed by atoms with Gasteiger partial charge in [0.1, 0.15) is 16.7 Å². The van der Waals surface area contributed by atoms with Gasteiger partial charge in [0.15, 0.2) is 0 Å². The number of carbonyl (C=O) groups is 2. The third-order valence-corrected chi connectivity index (χ3v) is 3.89. The minimum atomic E-state index is -3.56. The summed E-state index contributed by atoms with van der Waals surface area (Å²) >= 11 is 0. The molecule has 0 bridgehead atoms. The number of esters is 1. The van der Waals surface area contributed by atoms with Gasteiger partial charge in [-0.1, -0.05) is 0 Å². The van der Waals surface area contributed by atoms with Gasteiger partial charge in [0.2, 0.25) is 0 Å². The first-order valence-electron chi connectivity index (χ1n) is 8.10. The van der Waals surface area contributed by atoms with Crippen molar-refractivity contribution < 1.29 is 31.7 Å². The van der Waals surface area contributed by atoms with Crippen molar-refractivity contribution in [3.63, 3.8) is 0 Å². The minimum absolute atomic E-state index is 0.0423. The highest BCUT2D eigenvalue weighted by atomic mass is 32.2. The van der Waals surface area contributed by atoms with Crippen LogP contribution in [-0.2, 0) is 28.6 Å². The van der Waals surface area contributed by atoms with Crippen LogP contribution in [-0.4, -0.2) is 50.1 Å². The fraction of sp³-hybridized carbons (Fsp3) is 0.875. The third kappa shape index (κ3) is 7.60. The first kappa shape index (κ1) is 21.7. The molecule has 0 heterocycles. The van der Waals surface area contributed by atoms with Gasteiger partial charge in [0.05, 0.1) is 12.9 Å². The molecule has 0 aromatic carbocycles. The van der Waals surface area contributed by atoms with E-state index in [0.29, 0.717) is 0 Å². The van der Waals surface area contributed by atoms with Crippen molar-refractivity contribution in [3.8, 4) is 0 Å². The van der Waals surface area contributed by atoms with Gasteiger partial charge in [-0.05, 0) is 60.3 Å². The number of rotatable bonds is 5. The van der Waals surface area contributed by atoms with E-state index in [2.05, 4.69) is 5.32 Å². The smallest absolute Gasteiger partial charge is 0.408 e. The summed E-state index contributed by atoms with van der Waals surface area (Å²) in [5, 5.41) is 2.60. The van der Waals surface area contributed by atoms with E-state index in [1.165, 1.54) is 0 Å². The lowest BCUT2D eigenvalue weighted by Gasteiger charge is -2.46. The zero-order chi connectivity index (χ0) is 19.7. The summed E-state index contributed by atoms with van der Waals surface area (Å²) in [4.78, 5) is 24.7. The number of hydrogen-bond acceptors (Lipinski definition) is 7. The molecule has 1 rings (SSSR count). The molecule has 9 heteroatoms. The standard InChI is InChI=1S/C16H29NO7S/c1-14(2,3)23-12(18)16(17-13(19)24-15(4,5)6)8-11(9-16)10-22-25(7,20)21/h11H,8-10H2,1-7H3,(H,17,19). The van der Waals surface area contributed by atoms with E-state index in [9.17, 15) is 18.0 Å². The molecule has 8 nitrogen and oxygen atoms in total. The average Bonchev–Trinajstić information content (AvgIpc) is 2.25. The SMILES string of the molecule is CC(C)(C)OC(=O)NC1(C(=O)OC(C)(C)C)CC(COS(C)(=O)=O)C1. The van der Waals surface area contributed by atoms with Crippen LogP contribution in [0.3, 0.4) is 0 Å². The van der Waals surface area contributed by atoms with Crippen LogP contribution >= 0.6 is 0 Å². The first-order chi connectivity index (χ1) is 11.0. The molecule has 146 valence electrons. The molecule has 25 heavy (non-hydrogen) atoms. The van der Waals surface area contributed by atoms with Gasteiger partial charge in [-0.25, -0.2) is 9.59 Å². The maximum atomic E-state index is 12.6. The summed E-state index contributed by atoms with van der Waals surface area (Å²) in [6.07, 6.45) is 0.680. The average molecular weight is 379 g/mol. The lowest BCUT2D eigenvalue weighted by atomic mass is 9.68. The van der Waals surface area contributed by atoms with Crippen LogP contribution in [0.5, 0.6) is 0 Å². The molecule has 1 fully saturated rings. The Morgan fingerprint density at radius 3 is 1.92 bits per heavy atom. The molecular weight excluding hydrogens is 350 g/mol. The van der Waals surface area contributed by atoms with Crippen LogP contribution in [0.4, 0.5) is 4.79 Å². The van der Waals surface area contributed by atoms with Crippen molar-refractivity contribution in [1.82, 2.24) is 5.32 Å². The van der Waals surface area contributed by atoms with Crippen LogP contribution in [0.1, 0.15) is 54.4 Å². The molecule has 0 saturated heterocycles. The number of ether oxygens (including phenoxy) is 2. The van der Waals surface area contributed by atoms with Crippen LogP contribution in [0.2, 0.25) is 0 Å². The van der Waals surface area contributed by atoms with E-state index in [1.807, 2.05) is 0 Å². The normalized spacial score (nSPS) is 24.2. The zero-order valence-electron chi connectivity index (χ0n) is 16.0. The molecule has 0 aromatic heterocycles. The van der Waals surface area contributed by atoms with Gasteiger partial charge < -0.3 is 14.8 Å². The lowest BCUT2D eigenvalue weighted by molar-refractivity contribution is -0.170. The quantitative estimate of drug-likeness (QED) is 0.575. The van der Waals surface area contributed by atoms with Crippen LogP contribution in [0, 0.1) is 5.92 Å². The molecule has 0 aromatic rings. The van der Waals surface area contributed by atoms with Gasteiger partial charge in [-0.15, -0.1) is 0 Å². The summed E-state index contributed by atoms with van der Waals surface area (Å²) < 4.78 is 37.6. The highest BCUT2D eigenvalue weighted by Gasteiger charge is 2.54. The maximum absolute atomic E-state index is 12.6. The maximum Gasteiger partial charge on any atom is 0.408 e. The Bertz CT molecular complexity index is 607. The second kappa shape index (κ2) is 7.11. The molecule has 0 radical (unpaired) electrons. The monoisotopic (exact) mass is 379 g/mol. The zero-order valence-corrected chi connectivity index (χ0v) is 16.8. The van der Waals surface area contributed by atoms with E-state index in [4.69, 9.17) is 13.7 Å². The summed E-state index contributed by atoms with van der Waals surface area (Å²) in [6.45, 7) is 10.3. The second-order valence-electron chi connectivity index (χ2n) is 8.47. The minimum Gasteiger partial charge on any atom is -0.458 e. The highest BCUT2D eigenvalue weighted by Crippen LogP contribution is 2.40. The van der Waals surface area contributed by atoms with Crippen molar-refractivity contribution in [3.05, 3.63) is 0 Å². The molecule has 1 aliphatic rings. The summed E-state index contributed by atoms with van der Waals surface area (Å²) in [5.41, 5.74) is -2.66. The molecule has 1 amide bonds. The topological polar surface area (TPSA) is 108 Å². The first-order valence-corrected chi connectivity index (χ1v) is 9.92. The van der Waals surface area contributed by atoms with Gasteiger partial charge in [0, 0.05) is 0 Å². The molecule has 0 aliphatic heterocycles. The van der Waals surface area contributed by atoms with E-state index in [-0.39, 0.29) is 25.4 Å². The predicted molar refractivity (Wildman–Crippen MR) is 91.5 cm³/mol. The summed E-state index contributed by atoms with van der Waals surface area (Å²) in [6, 6.07) is 0. The van der Waals surface area contributed by atoms with Crippen LogP contribution in [0.25, 0.3) is 0 Å². The Labute approximate surface area is 149 Å². The fourth-order valence-corrected chi connectivity index (χ4v) is 2.90. The van der Waals surface area contributed by atoms with Gasteiger partial charge >= 0.3 is 12.1 Å².